The summed E-state index contributed by atoms with van der Waals surface area (Å²) in [5.74, 6) is -0.291. The molecule has 5 nitrogen and oxygen atoms in total. The highest BCUT2D eigenvalue weighted by molar-refractivity contribution is 5.93. The number of nitrogens with one attached hydrogen (secondary N) is 2. The summed E-state index contributed by atoms with van der Waals surface area (Å²) in [6, 6.07) is 15.5. The van der Waals surface area contributed by atoms with E-state index >= 15 is 0 Å². The van der Waals surface area contributed by atoms with Gasteiger partial charge >= 0.3 is 5.97 Å². The van der Waals surface area contributed by atoms with Gasteiger partial charge < -0.3 is 15.0 Å². The topological polar surface area (TPSA) is 71.2 Å². The molecule has 1 atom stereocenters. The highest BCUT2D eigenvalue weighted by atomic mass is 16.5. The van der Waals surface area contributed by atoms with Gasteiger partial charge in [0.1, 0.15) is 0 Å². The van der Waals surface area contributed by atoms with Crippen molar-refractivity contribution in [1.82, 2.24) is 4.98 Å². The molecule has 1 aromatic heterocycles. The summed E-state index contributed by atoms with van der Waals surface area (Å²) in [5.41, 5.74) is 3.76. The maximum Gasteiger partial charge on any atom is 0.310 e. The van der Waals surface area contributed by atoms with E-state index in [-0.39, 0.29) is 18.9 Å². The number of H-pyrrole nitrogens is 1. The molecule has 140 valence electrons. The zero-order chi connectivity index (χ0) is 19.2. The molecule has 0 spiro atoms. The monoisotopic (exact) mass is 364 g/mol. The van der Waals surface area contributed by atoms with Crippen molar-refractivity contribution < 1.29 is 14.3 Å². The zero-order valence-corrected chi connectivity index (χ0v) is 15.6. The average Bonchev–Trinajstić information content (AvgIpc) is 3.09. The van der Waals surface area contributed by atoms with E-state index < -0.39 is 5.97 Å². The van der Waals surface area contributed by atoms with Gasteiger partial charge in [0.15, 0.2) is 6.61 Å². The summed E-state index contributed by atoms with van der Waals surface area (Å²) < 4.78 is 5.11. The standard InChI is InChI=1S/C22H24N2O3/c1-3-15(2)16-8-10-18(11-9-16)24-21(25)14-27-22(26)12-17-13-23-20-7-5-4-6-19(17)20/h4-11,13,15,23H,3,12,14H2,1-2H3,(H,24,25)/t15-/m1/s1. The Hall–Kier alpha value is -3.08. The summed E-state index contributed by atoms with van der Waals surface area (Å²) in [6.45, 7) is 4.01. The van der Waals surface area contributed by atoms with Gasteiger partial charge in [-0.1, -0.05) is 44.2 Å². The first-order valence-electron chi connectivity index (χ1n) is 9.17. The molecule has 0 aliphatic carbocycles. The largest absolute Gasteiger partial charge is 0.455 e. The van der Waals surface area contributed by atoms with Crippen molar-refractivity contribution in [2.75, 3.05) is 11.9 Å². The van der Waals surface area contributed by atoms with Gasteiger partial charge in [0, 0.05) is 22.8 Å². The van der Waals surface area contributed by atoms with Crippen molar-refractivity contribution in [3.63, 3.8) is 0 Å². The summed E-state index contributed by atoms with van der Waals surface area (Å²) in [6.07, 6.45) is 2.99. The minimum atomic E-state index is -0.429. The van der Waals surface area contributed by atoms with Crippen LogP contribution in [0.15, 0.2) is 54.7 Å². The number of ether oxygens (including phenoxy) is 1. The molecule has 1 amide bonds. The predicted molar refractivity (Wildman–Crippen MR) is 107 cm³/mol. The molecule has 0 bridgehead atoms. The molecule has 3 aromatic rings. The molecule has 2 N–H and O–H groups in total. The Morgan fingerprint density at radius 3 is 2.59 bits per heavy atom. The number of aromatic nitrogens is 1. The Morgan fingerprint density at radius 2 is 1.85 bits per heavy atom. The van der Waals surface area contributed by atoms with Gasteiger partial charge in [-0.05, 0) is 41.7 Å². The first-order valence-corrected chi connectivity index (χ1v) is 9.17. The van der Waals surface area contributed by atoms with Gasteiger partial charge in [-0.2, -0.15) is 0 Å². The van der Waals surface area contributed by atoms with Crippen LogP contribution in [0.2, 0.25) is 0 Å². The molecule has 1 heterocycles. The first-order chi connectivity index (χ1) is 13.1. The zero-order valence-electron chi connectivity index (χ0n) is 15.6. The van der Waals surface area contributed by atoms with Crippen molar-refractivity contribution in [2.24, 2.45) is 0 Å². The van der Waals surface area contributed by atoms with Crippen LogP contribution in [0.1, 0.15) is 37.3 Å². The SMILES string of the molecule is CC[C@@H](C)c1ccc(NC(=O)COC(=O)Cc2c[nH]c3ccccc23)cc1. The molecule has 27 heavy (non-hydrogen) atoms. The maximum atomic E-state index is 12.0. The summed E-state index contributed by atoms with van der Waals surface area (Å²) >= 11 is 0. The fraction of sp³-hybridized carbons (Fsp3) is 0.273. The Balaban J connectivity index is 1.49. The number of esters is 1. The number of amides is 1. The van der Waals surface area contributed by atoms with E-state index in [1.165, 1.54) is 5.56 Å². The van der Waals surface area contributed by atoms with Crippen LogP contribution in [-0.4, -0.2) is 23.5 Å². The van der Waals surface area contributed by atoms with Crippen LogP contribution in [0.5, 0.6) is 0 Å². The highest BCUT2D eigenvalue weighted by Crippen LogP contribution is 2.20. The summed E-state index contributed by atoms with van der Waals surface area (Å²) in [4.78, 5) is 27.2. The molecule has 0 saturated carbocycles. The second-order valence-corrected chi connectivity index (χ2v) is 6.68. The van der Waals surface area contributed by atoms with E-state index in [4.69, 9.17) is 4.74 Å². The normalized spacial score (nSPS) is 11.9. The van der Waals surface area contributed by atoms with Gasteiger partial charge in [-0.3, -0.25) is 9.59 Å². The lowest BCUT2D eigenvalue weighted by atomic mass is 9.99. The maximum absolute atomic E-state index is 12.0. The number of hydrogen-bond acceptors (Lipinski definition) is 3. The van der Waals surface area contributed by atoms with Crippen LogP contribution >= 0.6 is 0 Å². The van der Waals surface area contributed by atoms with Crippen molar-refractivity contribution in [1.29, 1.82) is 0 Å². The second kappa shape index (κ2) is 8.54. The molecule has 0 aliphatic heterocycles. The van der Waals surface area contributed by atoms with E-state index in [9.17, 15) is 9.59 Å². The first kappa shape index (κ1) is 18.7. The molecular formula is C22H24N2O3. The Kier molecular flexibility index (Phi) is 5.91. The van der Waals surface area contributed by atoms with Crippen LogP contribution in [0.25, 0.3) is 10.9 Å². The van der Waals surface area contributed by atoms with E-state index in [1.807, 2.05) is 48.5 Å². The van der Waals surface area contributed by atoms with E-state index in [0.29, 0.717) is 11.6 Å². The van der Waals surface area contributed by atoms with Gasteiger partial charge in [0.05, 0.1) is 6.42 Å². The lowest BCUT2D eigenvalue weighted by molar-refractivity contribution is -0.146. The molecule has 5 heteroatoms. The van der Waals surface area contributed by atoms with E-state index in [0.717, 1.165) is 22.9 Å². The smallest absolute Gasteiger partial charge is 0.310 e. The van der Waals surface area contributed by atoms with Crippen molar-refractivity contribution in [3.8, 4) is 0 Å². The molecule has 0 radical (unpaired) electrons. The minimum Gasteiger partial charge on any atom is -0.455 e. The third-order valence-corrected chi connectivity index (χ3v) is 4.75. The average molecular weight is 364 g/mol. The summed E-state index contributed by atoms with van der Waals surface area (Å²) in [7, 11) is 0. The highest BCUT2D eigenvalue weighted by Gasteiger charge is 2.12. The second-order valence-electron chi connectivity index (χ2n) is 6.68. The number of aromatic amines is 1. The molecule has 3 rings (SSSR count). The van der Waals surface area contributed by atoms with Gasteiger partial charge in [-0.15, -0.1) is 0 Å². The van der Waals surface area contributed by atoms with Crippen molar-refractivity contribution in [3.05, 3.63) is 65.9 Å². The van der Waals surface area contributed by atoms with Gasteiger partial charge in [0.25, 0.3) is 5.91 Å². The number of hydrogen-bond donors (Lipinski definition) is 2. The molecule has 0 fully saturated rings. The third kappa shape index (κ3) is 4.76. The van der Waals surface area contributed by atoms with Crippen LogP contribution in [0.3, 0.4) is 0 Å². The summed E-state index contributed by atoms with van der Waals surface area (Å²) in [5, 5.41) is 3.73. The number of benzene rings is 2. The lowest BCUT2D eigenvalue weighted by Crippen LogP contribution is -2.21. The third-order valence-electron chi connectivity index (χ3n) is 4.75. The Labute approximate surface area is 158 Å². The molecule has 0 aliphatic rings. The molecule has 0 saturated heterocycles. The van der Waals surface area contributed by atoms with Crippen molar-refractivity contribution >= 4 is 28.5 Å². The number of carbonyl (C=O) groups is 2. The number of rotatable bonds is 7. The van der Waals surface area contributed by atoms with E-state index in [2.05, 4.69) is 24.1 Å². The lowest BCUT2D eigenvalue weighted by Gasteiger charge is -2.10. The minimum absolute atomic E-state index is 0.126. The van der Waals surface area contributed by atoms with Crippen LogP contribution in [-0.2, 0) is 20.7 Å². The van der Waals surface area contributed by atoms with Crippen LogP contribution in [0, 0.1) is 0 Å². The van der Waals surface area contributed by atoms with Crippen molar-refractivity contribution in [2.45, 2.75) is 32.6 Å². The Bertz CT molecular complexity index is 928. The van der Waals surface area contributed by atoms with E-state index in [1.54, 1.807) is 6.20 Å². The molecule has 0 unspecified atom stereocenters. The molecular weight excluding hydrogens is 340 g/mol. The number of para-hydroxylation sites is 1. The van der Waals surface area contributed by atoms with Crippen LogP contribution in [0.4, 0.5) is 5.69 Å². The fourth-order valence-corrected chi connectivity index (χ4v) is 2.96. The number of fused-ring (bicyclic) bond motifs is 1. The number of carbonyl (C=O) groups excluding carboxylic acids is 2. The van der Waals surface area contributed by atoms with Gasteiger partial charge in [-0.25, -0.2) is 0 Å². The van der Waals surface area contributed by atoms with Crippen LogP contribution < -0.4 is 5.32 Å². The molecule has 2 aromatic carbocycles. The number of anilines is 1. The quantitative estimate of drug-likeness (QED) is 0.610. The Morgan fingerprint density at radius 1 is 1.11 bits per heavy atom. The predicted octanol–water partition coefficient (Wildman–Crippen LogP) is 4.41. The fourth-order valence-electron chi connectivity index (χ4n) is 2.96. The van der Waals surface area contributed by atoms with Gasteiger partial charge in [0.2, 0.25) is 0 Å².